The zero-order valence-corrected chi connectivity index (χ0v) is 11.8. The van der Waals surface area contributed by atoms with E-state index >= 15 is 0 Å². The molecule has 0 saturated heterocycles. The Labute approximate surface area is 126 Å². The minimum Gasteiger partial charge on any atom is -0.465 e. The fraction of sp³-hybridized carbons (Fsp3) is 0.0625. The first kappa shape index (κ1) is 13.8. The van der Waals surface area contributed by atoms with Crippen molar-refractivity contribution in [2.24, 2.45) is 0 Å². The van der Waals surface area contributed by atoms with Gasteiger partial charge in [-0.25, -0.2) is 9.78 Å². The number of benzene rings is 1. The summed E-state index contributed by atoms with van der Waals surface area (Å²) in [6.45, 7) is 0. The standard InChI is InChI=1S/C16H13N3O3/c1-22-16(21)11-2-4-13(5-3-11)18-15(20)12-6-7-19-10-17-9-14(19)8-12/h2-10H,1H3,(H,18,20). The first-order valence-corrected chi connectivity index (χ1v) is 6.59. The third kappa shape index (κ3) is 2.67. The fourth-order valence-corrected chi connectivity index (χ4v) is 2.07. The van der Waals surface area contributed by atoms with E-state index in [0.717, 1.165) is 5.52 Å². The highest BCUT2D eigenvalue weighted by Crippen LogP contribution is 2.13. The molecule has 1 N–H and O–H groups in total. The summed E-state index contributed by atoms with van der Waals surface area (Å²) >= 11 is 0. The number of aromatic nitrogens is 2. The molecule has 22 heavy (non-hydrogen) atoms. The van der Waals surface area contributed by atoms with Crippen LogP contribution in [0.1, 0.15) is 20.7 Å². The van der Waals surface area contributed by atoms with Gasteiger partial charge in [0.15, 0.2) is 0 Å². The molecule has 1 aromatic carbocycles. The van der Waals surface area contributed by atoms with Crippen LogP contribution >= 0.6 is 0 Å². The normalized spacial score (nSPS) is 10.4. The Hall–Kier alpha value is -3.15. The van der Waals surface area contributed by atoms with Gasteiger partial charge in [0.2, 0.25) is 0 Å². The van der Waals surface area contributed by atoms with Crippen molar-refractivity contribution < 1.29 is 14.3 Å². The summed E-state index contributed by atoms with van der Waals surface area (Å²) in [6, 6.07) is 9.98. The molecular formula is C16H13N3O3. The summed E-state index contributed by atoms with van der Waals surface area (Å²) in [4.78, 5) is 27.6. The lowest BCUT2D eigenvalue weighted by atomic mass is 10.2. The van der Waals surface area contributed by atoms with Crippen molar-refractivity contribution in [1.82, 2.24) is 9.38 Å². The number of carbonyl (C=O) groups excluding carboxylic acids is 2. The number of amides is 1. The smallest absolute Gasteiger partial charge is 0.337 e. The highest BCUT2D eigenvalue weighted by atomic mass is 16.5. The van der Waals surface area contributed by atoms with Crippen molar-refractivity contribution >= 4 is 23.1 Å². The van der Waals surface area contributed by atoms with Gasteiger partial charge in [0, 0.05) is 17.4 Å². The second kappa shape index (κ2) is 5.69. The number of imidazole rings is 1. The largest absolute Gasteiger partial charge is 0.465 e. The molecule has 0 saturated carbocycles. The molecule has 3 rings (SSSR count). The summed E-state index contributed by atoms with van der Waals surface area (Å²) in [6.07, 6.45) is 5.13. The van der Waals surface area contributed by atoms with Crippen LogP contribution in [-0.2, 0) is 4.74 Å². The number of fused-ring (bicyclic) bond motifs is 1. The van der Waals surface area contributed by atoms with Crippen molar-refractivity contribution in [2.45, 2.75) is 0 Å². The molecule has 110 valence electrons. The van der Waals surface area contributed by atoms with Gasteiger partial charge in [0.25, 0.3) is 5.91 Å². The Morgan fingerprint density at radius 1 is 1.14 bits per heavy atom. The minimum absolute atomic E-state index is 0.227. The van der Waals surface area contributed by atoms with Gasteiger partial charge in [-0.3, -0.25) is 4.79 Å². The van der Waals surface area contributed by atoms with Gasteiger partial charge in [-0.2, -0.15) is 0 Å². The number of nitrogens with one attached hydrogen (secondary N) is 1. The lowest BCUT2D eigenvalue weighted by Crippen LogP contribution is -2.12. The van der Waals surface area contributed by atoms with Crippen LogP contribution in [0, 0.1) is 0 Å². The second-order valence-corrected chi connectivity index (χ2v) is 4.66. The van der Waals surface area contributed by atoms with Crippen molar-refractivity contribution in [3.8, 4) is 0 Å². The van der Waals surface area contributed by atoms with Gasteiger partial charge in [-0.1, -0.05) is 0 Å². The molecule has 0 unspecified atom stereocenters. The monoisotopic (exact) mass is 295 g/mol. The highest BCUT2D eigenvalue weighted by molar-refractivity contribution is 6.05. The number of rotatable bonds is 3. The van der Waals surface area contributed by atoms with E-state index in [1.165, 1.54) is 7.11 Å². The first-order chi connectivity index (χ1) is 10.7. The molecule has 0 aliphatic rings. The molecule has 0 spiro atoms. The van der Waals surface area contributed by atoms with Crippen LogP contribution in [0.25, 0.3) is 5.52 Å². The van der Waals surface area contributed by atoms with Crippen molar-refractivity contribution in [2.75, 3.05) is 12.4 Å². The Morgan fingerprint density at radius 3 is 2.64 bits per heavy atom. The van der Waals surface area contributed by atoms with Gasteiger partial charge in [-0.05, 0) is 36.4 Å². The molecule has 1 amide bonds. The summed E-state index contributed by atoms with van der Waals surface area (Å²) in [7, 11) is 1.32. The average molecular weight is 295 g/mol. The van der Waals surface area contributed by atoms with E-state index in [-0.39, 0.29) is 5.91 Å². The second-order valence-electron chi connectivity index (χ2n) is 4.66. The van der Waals surface area contributed by atoms with E-state index in [0.29, 0.717) is 16.8 Å². The predicted molar refractivity (Wildman–Crippen MR) is 80.9 cm³/mol. The Kier molecular flexibility index (Phi) is 3.57. The number of carbonyl (C=O) groups is 2. The van der Waals surface area contributed by atoms with Gasteiger partial charge in [-0.15, -0.1) is 0 Å². The van der Waals surface area contributed by atoms with Gasteiger partial charge >= 0.3 is 5.97 Å². The lowest BCUT2D eigenvalue weighted by molar-refractivity contribution is 0.0600. The van der Waals surface area contributed by atoms with Crippen LogP contribution in [0.4, 0.5) is 5.69 Å². The maximum atomic E-state index is 12.2. The zero-order chi connectivity index (χ0) is 15.5. The number of hydrogen-bond donors (Lipinski definition) is 1. The van der Waals surface area contributed by atoms with Crippen LogP contribution in [0.15, 0.2) is 55.1 Å². The summed E-state index contributed by atoms with van der Waals surface area (Å²) in [5, 5.41) is 2.78. The van der Waals surface area contributed by atoms with Crippen LogP contribution in [-0.4, -0.2) is 28.4 Å². The fourth-order valence-electron chi connectivity index (χ4n) is 2.07. The van der Waals surface area contributed by atoms with Gasteiger partial charge in [0.1, 0.15) is 0 Å². The number of methoxy groups -OCH3 is 1. The zero-order valence-electron chi connectivity index (χ0n) is 11.8. The quantitative estimate of drug-likeness (QED) is 0.753. The molecule has 0 aliphatic carbocycles. The highest BCUT2D eigenvalue weighted by Gasteiger charge is 2.09. The number of pyridine rings is 1. The van der Waals surface area contributed by atoms with Crippen molar-refractivity contribution in [3.05, 3.63) is 66.2 Å². The van der Waals surface area contributed by atoms with Crippen LogP contribution in [0.3, 0.4) is 0 Å². The molecule has 6 heteroatoms. The lowest BCUT2D eigenvalue weighted by Gasteiger charge is -2.06. The molecule has 6 nitrogen and oxygen atoms in total. The molecule has 2 aromatic heterocycles. The Bertz CT molecular complexity index is 837. The molecule has 3 aromatic rings. The molecule has 0 fully saturated rings. The number of anilines is 1. The van der Waals surface area contributed by atoms with Crippen molar-refractivity contribution in [3.63, 3.8) is 0 Å². The van der Waals surface area contributed by atoms with Gasteiger partial charge in [0.05, 0.1) is 30.7 Å². The molecule has 2 heterocycles. The molecular weight excluding hydrogens is 282 g/mol. The minimum atomic E-state index is -0.413. The summed E-state index contributed by atoms with van der Waals surface area (Å²) < 4.78 is 6.45. The molecule has 0 radical (unpaired) electrons. The van der Waals surface area contributed by atoms with E-state index in [9.17, 15) is 9.59 Å². The van der Waals surface area contributed by atoms with E-state index in [4.69, 9.17) is 0 Å². The topological polar surface area (TPSA) is 72.7 Å². The number of hydrogen-bond acceptors (Lipinski definition) is 4. The van der Waals surface area contributed by atoms with Crippen LogP contribution in [0.5, 0.6) is 0 Å². The van der Waals surface area contributed by atoms with E-state index < -0.39 is 5.97 Å². The maximum absolute atomic E-state index is 12.2. The summed E-state index contributed by atoms with van der Waals surface area (Å²) in [5.74, 6) is -0.640. The third-order valence-corrected chi connectivity index (χ3v) is 3.24. The van der Waals surface area contributed by atoms with Crippen LogP contribution in [0.2, 0.25) is 0 Å². The van der Waals surface area contributed by atoms with Gasteiger partial charge < -0.3 is 14.5 Å². The molecule has 0 bridgehead atoms. The predicted octanol–water partition coefficient (Wildman–Crippen LogP) is 2.37. The van der Waals surface area contributed by atoms with Crippen LogP contribution < -0.4 is 5.32 Å². The Morgan fingerprint density at radius 2 is 1.91 bits per heavy atom. The summed E-state index contributed by atoms with van der Waals surface area (Å²) in [5.41, 5.74) is 2.41. The molecule has 0 aliphatic heterocycles. The molecule has 0 atom stereocenters. The average Bonchev–Trinajstić information content (AvgIpc) is 3.02. The first-order valence-electron chi connectivity index (χ1n) is 6.59. The van der Waals surface area contributed by atoms with E-state index in [1.807, 2.05) is 4.40 Å². The number of nitrogens with zero attached hydrogens (tertiary/aromatic N) is 2. The maximum Gasteiger partial charge on any atom is 0.337 e. The van der Waals surface area contributed by atoms with E-state index in [1.54, 1.807) is 55.1 Å². The van der Waals surface area contributed by atoms with Crippen molar-refractivity contribution in [1.29, 1.82) is 0 Å². The number of esters is 1. The van der Waals surface area contributed by atoms with E-state index in [2.05, 4.69) is 15.0 Å². The number of ether oxygens (including phenoxy) is 1. The third-order valence-electron chi connectivity index (χ3n) is 3.24. The SMILES string of the molecule is COC(=O)c1ccc(NC(=O)c2ccn3cncc3c2)cc1. The Balaban J connectivity index is 1.77.